The van der Waals surface area contributed by atoms with Crippen LogP contribution in [0.3, 0.4) is 0 Å². The SMILES string of the molecule is O=C1Nc2cc(C(=O)O)ccc2/C1=C/c1[nH]cc2c1CCOC2=O. The molecular weight excluding hydrogens is 312 g/mol. The number of H-pyrrole nitrogens is 1. The maximum atomic E-state index is 12.2. The van der Waals surface area contributed by atoms with Crippen molar-refractivity contribution in [1.82, 2.24) is 4.98 Å². The first kappa shape index (κ1) is 14.3. The molecule has 120 valence electrons. The molecule has 2 aliphatic rings. The Bertz CT molecular complexity index is 938. The summed E-state index contributed by atoms with van der Waals surface area (Å²) in [6, 6.07) is 4.49. The topological polar surface area (TPSA) is 108 Å². The van der Waals surface area contributed by atoms with Crippen LogP contribution in [0.2, 0.25) is 0 Å². The number of aromatic amines is 1. The van der Waals surface area contributed by atoms with E-state index in [9.17, 15) is 14.4 Å². The zero-order valence-corrected chi connectivity index (χ0v) is 12.4. The van der Waals surface area contributed by atoms with Crippen LogP contribution in [0.25, 0.3) is 11.6 Å². The molecule has 0 radical (unpaired) electrons. The third-order valence-corrected chi connectivity index (χ3v) is 4.17. The molecule has 0 spiro atoms. The summed E-state index contributed by atoms with van der Waals surface area (Å²) < 4.78 is 4.99. The fourth-order valence-corrected chi connectivity index (χ4v) is 2.99. The van der Waals surface area contributed by atoms with Crippen LogP contribution in [0.4, 0.5) is 5.69 Å². The van der Waals surface area contributed by atoms with E-state index in [0.717, 1.165) is 5.56 Å². The number of anilines is 1. The van der Waals surface area contributed by atoms with Crippen LogP contribution in [-0.4, -0.2) is 34.5 Å². The number of rotatable bonds is 2. The molecule has 24 heavy (non-hydrogen) atoms. The standard InChI is InChI=1S/C17H12N2O5/c20-15-11(9-2-1-8(16(21)22)5-14(9)19-15)6-13-10-3-4-24-17(23)12(10)7-18-13/h1-2,5-7,18H,3-4H2,(H,19,20)(H,21,22)/b11-6-. The first-order chi connectivity index (χ1) is 11.5. The smallest absolute Gasteiger partial charge is 0.339 e. The molecule has 3 N–H and O–H groups in total. The summed E-state index contributed by atoms with van der Waals surface area (Å²) in [5.74, 6) is -1.74. The van der Waals surface area contributed by atoms with Gasteiger partial charge in [0.2, 0.25) is 0 Å². The average molecular weight is 324 g/mol. The van der Waals surface area contributed by atoms with Crippen LogP contribution in [-0.2, 0) is 16.0 Å². The van der Waals surface area contributed by atoms with E-state index in [0.29, 0.717) is 41.1 Å². The van der Waals surface area contributed by atoms with Crippen molar-refractivity contribution in [3.8, 4) is 0 Å². The molecular formula is C17H12N2O5. The van der Waals surface area contributed by atoms with Crippen molar-refractivity contribution in [2.24, 2.45) is 0 Å². The molecule has 0 aliphatic carbocycles. The maximum Gasteiger partial charge on any atom is 0.339 e. The summed E-state index contributed by atoms with van der Waals surface area (Å²) in [6.45, 7) is 0.310. The molecule has 2 aliphatic heterocycles. The number of hydrogen-bond acceptors (Lipinski definition) is 4. The molecule has 7 nitrogen and oxygen atoms in total. The van der Waals surface area contributed by atoms with E-state index in [2.05, 4.69) is 10.3 Å². The lowest BCUT2D eigenvalue weighted by molar-refractivity contribution is -0.110. The molecule has 1 amide bonds. The summed E-state index contributed by atoms with van der Waals surface area (Å²) in [7, 11) is 0. The molecule has 3 heterocycles. The lowest BCUT2D eigenvalue weighted by Gasteiger charge is -2.12. The molecule has 4 rings (SSSR count). The molecule has 1 aromatic carbocycles. The molecule has 1 aromatic heterocycles. The predicted molar refractivity (Wildman–Crippen MR) is 84.7 cm³/mol. The normalized spacial score (nSPS) is 17.2. The van der Waals surface area contributed by atoms with Gasteiger partial charge in [-0.25, -0.2) is 9.59 Å². The van der Waals surface area contributed by atoms with Crippen LogP contribution >= 0.6 is 0 Å². The number of carbonyl (C=O) groups is 3. The van der Waals surface area contributed by atoms with Gasteiger partial charge in [-0.2, -0.15) is 0 Å². The van der Waals surface area contributed by atoms with Gasteiger partial charge in [-0.1, -0.05) is 6.07 Å². The quantitative estimate of drug-likeness (QED) is 0.578. The van der Waals surface area contributed by atoms with E-state index in [-0.39, 0.29) is 17.4 Å². The van der Waals surface area contributed by atoms with Crippen LogP contribution in [0.5, 0.6) is 0 Å². The van der Waals surface area contributed by atoms with Gasteiger partial charge in [0.05, 0.1) is 23.3 Å². The molecule has 0 bridgehead atoms. The van der Waals surface area contributed by atoms with Crippen LogP contribution in [0.15, 0.2) is 24.4 Å². The second-order valence-corrected chi connectivity index (χ2v) is 5.56. The van der Waals surface area contributed by atoms with E-state index in [1.54, 1.807) is 18.3 Å². The number of aromatic nitrogens is 1. The van der Waals surface area contributed by atoms with Crippen LogP contribution in [0.1, 0.15) is 37.5 Å². The highest BCUT2D eigenvalue weighted by Crippen LogP contribution is 2.34. The molecule has 0 saturated heterocycles. The zero-order valence-electron chi connectivity index (χ0n) is 12.4. The third kappa shape index (κ3) is 2.10. The molecule has 0 saturated carbocycles. The lowest BCUT2D eigenvalue weighted by atomic mass is 10.0. The van der Waals surface area contributed by atoms with Crippen molar-refractivity contribution in [2.75, 3.05) is 11.9 Å². The van der Waals surface area contributed by atoms with Crippen molar-refractivity contribution in [3.05, 3.63) is 52.3 Å². The van der Waals surface area contributed by atoms with Gasteiger partial charge < -0.3 is 20.1 Å². The molecule has 0 fully saturated rings. The number of esters is 1. The minimum absolute atomic E-state index is 0.107. The van der Waals surface area contributed by atoms with Gasteiger partial charge in [-0.05, 0) is 23.8 Å². The number of amides is 1. The largest absolute Gasteiger partial charge is 0.478 e. The van der Waals surface area contributed by atoms with Gasteiger partial charge in [0.25, 0.3) is 5.91 Å². The van der Waals surface area contributed by atoms with Crippen LogP contribution in [0, 0.1) is 0 Å². The number of benzene rings is 1. The Kier molecular flexibility index (Phi) is 3.02. The summed E-state index contributed by atoms with van der Waals surface area (Å²) >= 11 is 0. The van der Waals surface area contributed by atoms with E-state index in [4.69, 9.17) is 9.84 Å². The monoisotopic (exact) mass is 324 g/mol. The average Bonchev–Trinajstić information content (AvgIpc) is 3.10. The first-order valence-corrected chi connectivity index (χ1v) is 7.33. The third-order valence-electron chi connectivity index (χ3n) is 4.17. The number of carboxylic acid groups (broad SMARTS) is 1. The summed E-state index contributed by atoms with van der Waals surface area (Å²) in [5.41, 5.74) is 3.61. The Balaban J connectivity index is 1.79. The maximum absolute atomic E-state index is 12.2. The highest BCUT2D eigenvalue weighted by atomic mass is 16.5. The summed E-state index contributed by atoms with van der Waals surface area (Å²) in [5, 5.41) is 11.7. The van der Waals surface area contributed by atoms with E-state index in [1.165, 1.54) is 12.1 Å². The second-order valence-electron chi connectivity index (χ2n) is 5.56. The number of cyclic esters (lactones) is 1. The number of nitrogens with one attached hydrogen (secondary N) is 2. The molecule has 7 heteroatoms. The van der Waals surface area contributed by atoms with Crippen molar-refractivity contribution in [1.29, 1.82) is 0 Å². The van der Waals surface area contributed by atoms with Crippen molar-refractivity contribution in [3.63, 3.8) is 0 Å². The fraction of sp³-hybridized carbons (Fsp3) is 0.118. The highest BCUT2D eigenvalue weighted by Gasteiger charge is 2.27. The molecule has 0 unspecified atom stereocenters. The zero-order chi connectivity index (χ0) is 16.8. The number of aromatic carboxylic acids is 1. The van der Waals surface area contributed by atoms with Crippen molar-refractivity contribution < 1.29 is 24.2 Å². The van der Waals surface area contributed by atoms with Crippen molar-refractivity contribution >= 4 is 35.2 Å². The Labute approximate surface area is 135 Å². The van der Waals surface area contributed by atoms with E-state index >= 15 is 0 Å². The number of hydrogen-bond donors (Lipinski definition) is 3. The Hall–Kier alpha value is -3.35. The predicted octanol–water partition coefficient (Wildman–Crippen LogP) is 1.92. The Morgan fingerprint density at radius 1 is 1.25 bits per heavy atom. The fourth-order valence-electron chi connectivity index (χ4n) is 2.99. The lowest BCUT2D eigenvalue weighted by Crippen LogP contribution is -2.16. The van der Waals surface area contributed by atoms with Crippen molar-refractivity contribution in [2.45, 2.75) is 6.42 Å². The van der Waals surface area contributed by atoms with Gasteiger partial charge >= 0.3 is 11.9 Å². The minimum Gasteiger partial charge on any atom is -0.478 e. The highest BCUT2D eigenvalue weighted by molar-refractivity contribution is 6.35. The molecule has 2 aromatic rings. The van der Waals surface area contributed by atoms with E-state index in [1.807, 2.05) is 0 Å². The van der Waals surface area contributed by atoms with Gasteiger partial charge in [0, 0.05) is 29.6 Å². The Morgan fingerprint density at radius 2 is 2.08 bits per heavy atom. The van der Waals surface area contributed by atoms with E-state index < -0.39 is 5.97 Å². The Morgan fingerprint density at radius 3 is 2.88 bits per heavy atom. The summed E-state index contributed by atoms with van der Waals surface area (Å²) in [6.07, 6.45) is 3.83. The van der Waals surface area contributed by atoms with Crippen LogP contribution < -0.4 is 5.32 Å². The number of ether oxygens (including phenoxy) is 1. The van der Waals surface area contributed by atoms with Gasteiger partial charge in [0.1, 0.15) is 0 Å². The van der Waals surface area contributed by atoms with Gasteiger partial charge in [-0.15, -0.1) is 0 Å². The number of carboxylic acids is 1. The summed E-state index contributed by atoms with van der Waals surface area (Å²) in [4.78, 5) is 38.0. The second kappa shape index (κ2) is 5.09. The first-order valence-electron chi connectivity index (χ1n) is 7.33. The number of fused-ring (bicyclic) bond motifs is 2. The van der Waals surface area contributed by atoms with Gasteiger partial charge in [-0.3, -0.25) is 4.79 Å². The van der Waals surface area contributed by atoms with Gasteiger partial charge in [0.15, 0.2) is 0 Å². The number of carbonyl (C=O) groups excluding carboxylic acids is 2. The minimum atomic E-state index is -1.05. The molecule has 0 atom stereocenters.